The minimum Gasteiger partial charge on any atom is -0.492 e. The van der Waals surface area contributed by atoms with Gasteiger partial charge in [0.25, 0.3) is 0 Å². The minimum atomic E-state index is -0.281. The number of fused-ring (bicyclic) bond motifs is 1. The van der Waals surface area contributed by atoms with Crippen LogP contribution in [0.15, 0.2) is 35.1 Å². The average molecular weight is 327 g/mol. The van der Waals surface area contributed by atoms with Crippen LogP contribution in [0.25, 0.3) is 0 Å². The lowest BCUT2D eigenvalue weighted by Gasteiger charge is -2.24. The molecule has 1 atom stereocenters. The fraction of sp³-hybridized carbons (Fsp3) is 0.389. The molecule has 2 heterocycles. The number of hydrogen-bond donors (Lipinski definition) is 1. The van der Waals surface area contributed by atoms with Gasteiger partial charge < -0.3 is 10.1 Å². The highest BCUT2D eigenvalue weighted by atomic mass is 16.5. The number of aromatic nitrogens is 2. The standard InChI is InChI=1S/C18H21N3O3/c1-12-9-13(2)21(18(23)20-12)8-7-19-17(22)15-10-14-5-3-4-6-16(14)24-11-15/h3-6,9,15H,7-8,10-11H2,1-2H3,(H,19,22). The highest BCUT2D eigenvalue weighted by molar-refractivity contribution is 5.79. The number of rotatable bonds is 4. The minimum absolute atomic E-state index is 0.0460. The third-order valence-electron chi connectivity index (χ3n) is 4.23. The number of aryl methyl sites for hydroxylation is 2. The van der Waals surface area contributed by atoms with Gasteiger partial charge in [-0.1, -0.05) is 18.2 Å². The normalized spacial score (nSPS) is 16.2. The van der Waals surface area contributed by atoms with Gasteiger partial charge in [-0.05, 0) is 38.0 Å². The molecule has 126 valence electrons. The van der Waals surface area contributed by atoms with Crippen molar-refractivity contribution in [3.8, 4) is 5.75 Å². The van der Waals surface area contributed by atoms with Crippen molar-refractivity contribution in [3.63, 3.8) is 0 Å². The number of amides is 1. The Morgan fingerprint density at radius 2 is 2.17 bits per heavy atom. The summed E-state index contributed by atoms with van der Waals surface area (Å²) in [5, 5.41) is 2.89. The van der Waals surface area contributed by atoms with Gasteiger partial charge in [-0.15, -0.1) is 0 Å². The molecule has 0 spiro atoms. The number of benzene rings is 1. The maximum Gasteiger partial charge on any atom is 0.348 e. The summed E-state index contributed by atoms with van der Waals surface area (Å²) >= 11 is 0. The van der Waals surface area contributed by atoms with Gasteiger partial charge in [0.15, 0.2) is 0 Å². The molecule has 0 aliphatic carbocycles. The van der Waals surface area contributed by atoms with E-state index in [4.69, 9.17) is 4.74 Å². The van der Waals surface area contributed by atoms with Gasteiger partial charge in [-0.25, -0.2) is 4.79 Å². The average Bonchev–Trinajstić information content (AvgIpc) is 2.56. The van der Waals surface area contributed by atoms with Crippen LogP contribution in [-0.2, 0) is 17.8 Å². The molecule has 0 saturated carbocycles. The first kappa shape index (κ1) is 16.2. The molecular formula is C18H21N3O3. The molecule has 1 aromatic heterocycles. The van der Waals surface area contributed by atoms with Crippen molar-refractivity contribution in [1.82, 2.24) is 14.9 Å². The summed E-state index contributed by atoms with van der Waals surface area (Å²) in [4.78, 5) is 28.1. The lowest BCUT2D eigenvalue weighted by molar-refractivity contribution is -0.126. The molecule has 0 saturated heterocycles. The van der Waals surface area contributed by atoms with Crippen molar-refractivity contribution in [3.05, 3.63) is 57.8 Å². The number of hydrogen-bond acceptors (Lipinski definition) is 4. The predicted octanol–water partition coefficient (Wildman–Crippen LogP) is 1.23. The molecule has 6 heteroatoms. The fourth-order valence-corrected chi connectivity index (χ4v) is 2.98. The molecule has 1 aromatic carbocycles. The molecule has 1 unspecified atom stereocenters. The van der Waals surface area contributed by atoms with E-state index in [0.29, 0.717) is 31.8 Å². The molecule has 1 aliphatic heterocycles. The zero-order valence-corrected chi connectivity index (χ0v) is 13.9. The third-order valence-corrected chi connectivity index (χ3v) is 4.23. The van der Waals surface area contributed by atoms with Crippen LogP contribution in [-0.4, -0.2) is 28.6 Å². The monoisotopic (exact) mass is 327 g/mol. The van der Waals surface area contributed by atoms with Gasteiger partial charge in [-0.3, -0.25) is 9.36 Å². The summed E-state index contributed by atoms with van der Waals surface area (Å²) in [6.07, 6.45) is 0.674. The lowest BCUT2D eigenvalue weighted by atomic mass is 9.96. The molecular weight excluding hydrogens is 306 g/mol. The maximum absolute atomic E-state index is 12.3. The Bertz CT molecular complexity index is 813. The van der Waals surface area contributed by atoms with E-state index in [2.05, 4.69) is 10.3 Å². The third kappa shape index (κ3) is 3.48. The first-order valence-corrected chi connectivity index (χ1v) is 8.08. The van der Waals surface area contributed by atoms with E-state index in [1.807, 2.05) is 37.3 Å². The SMILES string of the molecule is Cc1cc(C)n(CCNC(=O)C2COc3ccccc3C2)c(=O)n1. The van der Waals surface area contributed by atoms with Gasteiger partial charge in [-0.2, -0.15) is 4.98 Å². The van der Waals surface area contributed by atoms with Gasteiger partial charge in [0, 0.05) is 24.5 Å². The Morgan fingerprint density at radius 3 is 2.96 bits per heavy atom. The highest BCUT2D eigenvalue weighted by Crippen LogP contribution is 2.26. The Hall–Kier alpha value is -2.63. The topological polar surface area (TPSA) is 73.2 Å². The summed E-state index contributed by atoms with van der Waals surface area (Å²) in [6.45, 7) is 4.84. The van der Waals surface area contributed by atoms with Crippen LogP contribution in [0.3, 0.4) is 0 Å². The van der Waals surface area contributed by atoms with E-state index in [1.54, 1.807) is 11.5 Å². The number of carbonyl (C=O) groups excluding carboxylic acids is 1. The van der Waals surface area contributed by atoms with Gasteiger partial charge in [0.05, 0.1) is 5.92 Å². The lowest BCUT2D eigenvalue weighted by Crippen LogP contribution is -2.39. The van der Waals surface area contributed by atoms with Crippen LogP contribution in [0.4, 0.5) is 0 Å². The van der Waals surface area contributed by atoms with Crippen LogP contribution in [0, 0.1) is 19.8 Å². The molecule has 1 amide bonds. The summed E-state index contributed by atoms with van der Waals surface area (Å²) in [7, 11) is 0. The van der Waals surface area contributed by atoms with Crippen molar-refractivity contribution in [2.45, 2.75) is 26.8 Å². The van der Waals surface area contributed by atoms with Crippen molar-refractivity contribution in [1.29, 1.82) is 0 Å². The molecule has 2 aromatic rings. The van der Waals surface area contributed by atoms with E-state index >= 15 is 0 Å². The number of nitrogens with one attached hydrogen (secondary N) is 1. The summed E-state index contributed by atoms with van der Waals surface area (Å²) in [6, 6.07) is 9.63. The molecule has 0 bridgehead atoms. The van der Waals surface area contributed by atoms with E-state index in [9.17, 15) is 9.59 Å². The number of nitrogens with zero attached hydrogens (tertiary/aromatic N) is 2. The molecule has 1 N–H and O–H groups in total. The Balaban J connectivity index is 1.56. The molecule has 0 fully saturated rings. The zero-order valence-electron chi connectivity index (χ0n) is 13.9. The second kappa shape index (κ2) is 6.86. The number of para-hydroxylation sites is 1. The van der Waals surface area contributed by atoms with Crippen molar-refractivity contribution < 1.29 is 9.53 Å². The Kier molecular flexibility index (Phi) is 4.64. The van der Waals surface area contributed by atoms with Crippen molar-refractivity contribution >= 4 is 5.91 Å². The van der Waals surface area contributed by atoms with E-state index < -0.39 is 0 Å². The van der Waals surface area contributed by atoms with Crippen LogP contribution in [0.5, 0.6) is 5.75 Å². The van der Waals surface area contributed by atoms with Gasteiger partial charge in [0.1, 0.15) is 12.4 Å². The quantitative estimate of drug-likeness (QED) is 0.917. The Labute approximate surface area is 140 Å². The Morgan fingerprint density at radius 1 is 1.38 bits per heavy atom. The van der Waals surface area contributed by atoms with E-state index in [-0.39, 0.29) is 17.5 Å². The van der Waals surface area contributed by atoms with Crippen LogP contribution in [0.2, 0.25) is 0 Å². The largest absolute Gasteiger partial charge is 0.492 e. The molecule has 0 radical (unpaired) electrons. The molecule has 6 nitrogen and oxygen atoms in total. The zero-order chi connectivity index (χ0) is 17.1. The highest BCUT2D eigenvalue weighted by Gasteiger charge is 2.25. The van der Waals surface area contributed by atoms with Crippen molar-refractivity contribution in [2.75, 3.05) is 13.2 Å². The number of carbonyl (C=O) groups is 1. The first-order chi connectivity index (χ1) is 11.5. The number of ether oxygens (including phenoxy) is 1. The second-order valence-electron chi connectivity index (χ2n) is 6.08. The van der Waals surface area contributed by atoms with Gasteiger partial charge >= 0.3 is 5.69 Å². The smallest absolute Gasteiger partial charge is 0.348 e. The summed E-state index contributed by atoms with van der Waals surface area (Å²) < 4.78 is 7.22. The molecule has 24 heavy (non-hydrogen) atoms. The van der Waals surface area contributed by atoms with Gasteiger partial charge in [0.2, 0.25) is 5.91 Å². The maximum atomic E-state index is 12.3. The van der Waals surface area contributed by atoms with E-state index in [0.717, 1.165) is 17.0 Å². The molecule has 3 rings (SSSR count). The molecule has 1 aliphatic rings. The predicted molar refractivity (Wildman–Crippen MR) is 90.1 cm³/mol. The first-order valence-electron chi connectivity index (χ1n) is 8.08. The van der Waals surface area contributed by atoms with Crippen LogP contribution >= 0.6 is 0 Å². The van der Waals surface area contributed by atoms with Crippen LogP contribution < -0.4 is 15.7 Å². The summed E-state index contributed by atoms with van der Waals surface area (Å²) in [5.41, 5.74) is 2.32. The fourth-order valence-electron chi connectivity index (χ4n) is 2.98. The van der Waals surface area contributed by atoms with Crippen molar-refractivity contribution in [2.24, 2.45) is 5.92 Å². The van der Waals surface area contributed by atoms with E-state index in [1.165, 1.54) is 0 Å². The second-order valence-corrected chi connectivity index (χ2v) is 6.08. The summed E-state index contributed by atoms with van der Waals surface area (Å²) in [5.74, 6) is 0.610. The van der Waals surface area contributed by atoms with Crippen LogP contribution in [0.1, 0.15) is 17.0 Å².